The zero-order chi connectivity index (χ0) is 25.4. The molecular formula is C25H46N2O6. The molecular weight excluding hydrogens is 424 g/mol. The predicted molar refractivity (Wildman–Crippen MR) is 130 cm³/mol. The fourth-order valence-electron chi connectivity index (χ4n) is 3.21. The van der Waals surface area contributed by atoms with Crippen LogP contribution in [0.2, 0.25) is 0 Å². The molecule has 3 atom stereocenters. The SMILES string of the molecule is CC(=CCC(C)CONCCC(C)CC(C)(C)CNOCC(C)CC=C(C)C(=O)O)C(=O)O. The molecule has 3 unspecified atom stereocenters. The number of hydrogen-bond donors (Lipinski definition) is 4. The Kier molecular flexibility index (Phi) is 15.9. The van der Waals surface area contributed by atoms with Crippen molar-refractivity contribution in [2.45, 2.75) is 74.1 Å². The molecule has 0 aromatic heterocycles. The molecule has 0 saturated carbocycles. The van der Waals surface area contributed by atoms with Crippen LogP contribution in [0.15, 0.2) is 23.3 Å². The number of nitrogens with one attached hydrogen (secondary N) is 2. The number of carboxylic acids is 2. The van der Waals surface area contributed by atoms with Gasteiger partial charge in [0, 0.05) is 24.2 Å². The van der Waals surface area contributed by atoms with Crippen LogP contribution in [0.25, 0.3) is 0 Å². The second kappa shape index (κ2) is 16.8. The van der Waals surface area contributed by atoms with Crippen LogP contribution in [-0.4, -0.2) is 48.5 Å². The maximum Gasteiger partial charge on any atom is 0.330 e. The predicted octanol–water partition coefficient (Wildman–Crippen LogP) is 4.59. The number of allylic oxidation sites excluding steroid dienone is 2. The van der Waals surface area contributed by atoms with Crippen LogP contribution in [0.3, 0.4) is 0 Å². The molecule has 8 heteroatoms. The summed E-state index contributed by atoms with van der Waals surface area (Å²) in [5, 5.41) is 17.7. The summed E-state index contributed by atoms with van der Waals surface area (Å²) >= 11 is 0. The molecule has 0 amide bonds. The Morgan fingerprint density at radius 3 is 1.76 bits per heavy atom. The number of aliphatic carboxylic acids is 2. The summed E-state index contributed by atoms with van der Waals surface area (Å²) in [4.78, 5) is 32.7. The zero-order valence-corrected chi connectivity index (χ0v) is 21.6. The van der Waals surface area contributed by atoms with E-state index in [1.807, 2.05) is 13.8 Å². The first kappa shape index (κ1) is 31.3. The van der Waals surface area contributed by atoms with Crippen LogP contribution in [0.5, 0.6) is 0 Å². The van der Waals surface area contributed by atoms with Crippen molar-refractivity contribution in [2.24, 2.45) is 23.2 Å². The van der Waals surface area contributed by atoms with E-state index >= 15 is 0 Å². The summed E-state index contributed by atoms with van der Waals surface area (Å²) in [5.41, 5.74) is 6.89. The van der Waals surface area contributed by atoms with Gasteiger partial charge in [0.2, 0.25) is 0 Å². The van der Waals surface area contributed by atoms with Gasteiger partial charge in [-0.1, -0.05) is 46.8 Å². The van der Waals surface area contributed by atoms with Gasteiger partial charge in [-0.05, 0) is 62.7 Å². The number of rotatable bonds is 19. The van der Waals surface area contributed by atoms with Gasteiger partial charge < -0.3 is 19.9 Å². The lowest BCUT2D eigenvalue weighted by atomic mass is 9.82. The number of carboxylic acid groups (broad SMARTS) is 2. The highest BCUT2D eigenvalue weighted by Gasteiger charge is 2.21. The molecule has 0 saturated heterocycles. The van der Waals surface area contributed by atoms with E-state index in [1.54, 1.807) is 26.0 Å². The molecule has 0 rings (SSSR count). The lowest BCUT2D eigenvalue weighted by molar-refractivity contribution is -0.133. The summed E-state index contributed by atoms with van der Waals surface area (Å²) < 4.78 is 0. The van der Waals surface area contributed by atoms with Gasteiger partial charge in [0.25, 0.3) is 0 Å². The molecule has 0 spiro atoms. The summed E-state index contributed by atoms with van der Waals surface area (Å²) in [7, 11) is 0. The fourth-order valence-corrected chi connectivity index (χ4v) is 3.21. The van der Waals surface area contributed by atoms with Gasteiger partial charge in [0.05, 0.1) is 13.2 Å². The van der Waals surface area contributed by atoms with Gasteiger partial charge in [-0.15, -0.1) is 0 Å². The van der Waals surface area contributed by atoms with E-state index in [-0.39, 0.29) is 17.3 Å². The molecule has 192 valence electrons. The molecule has 8 nitrogen and oxygen atoms in total. The van der Waals surface area contributed by atoms with Crippen LogP contribution < -0.4 is 11.0 Å². The molecule has 0 aromatic rings. The number of carbonyl (C=O) groups is 2. The largest absolute Gasteiger partial charge is 0.478 e. The highest BCUT2D eigenvalue weighted by atomic mass is 16.6. The van der Waals surface area contributed by atoms with E-state index in [2.05, 4.69) is 31.7 Å². The summed E-state index contributed by atoms with van der Waals surface area (Å²) in [5.74, 6) is -0.766. The van der Waals surface area contributed by atoms with Gasteiger partial charge in [-0.2, -0.15) is 0 Å². The van der Waals surface area contributed by atoms with Crippen LogP contribution in [0.1, 0.15) is 74.1 Å². The zero-order valence-electron chi connectivity index (χ0n) is 21.6. The standard InChI is InChI=1S/C25H46N2O6/c1-18(12-13-26-32-15-19(2)8-10-21(4)23(28)29)14-25(6,7)17-27-33-16-20(3)9-11-22(5)24(30)31/h10-11,18-20,26-27H,8-9,12-17H2,1-7H3,(H,28,29)(H,30,31). The molecule has 0 radical (unpaired) electrons. The van der Waals surface area contributed by atoms with Crippen molar-refractivity contribution in [3.63, 3.8) is 0 Å². The van der Waals surface area contributed by atoms with Gasteiger partial charge in [0.15, 0.2) is 0 Å². The maximum atomic E-state index is 10.8. The molecule has 0 aromatic carbocycles. The lowest BCUT2D eigenvalue weighted by Crippen LogP contribution is -2.32. The van der Waals surface area contributed by atoms with E-state index in [0.29, 0.717) is 43.1 Å². The van der Waals surface area contributed by atoms with Crippen molar-refractivity contribution in [3.05, 3.63) is 23.3 Å². The van der Waals surface area contributed by atoms with Gasteiger partial charge in [-0.25, -0.2) is 20.5 Å². The normalized spacial score (nSPS) is 15.8. The third kappa shape index (κ3) is 17.4. The summed E-state index contributed by atoms with van der Waals surface area (Å²) in [6.45, 7) is 16.5. The minimum Gasteiger partial charge on any atom is -0.478 e. The molecule has 0 aliphatic heterocycles. The van der Waals surface area contributed by atoms with Crippen molar-refractivity contribution in [2.75, 3.05) is 26.3 Å². The first-order valence-electron chi connectivity index (χ1n) is 11.8. The maximum absolute atomic E-state index is 10.8. The molecule has 33 heavy (non-hydrogen) atoms. The third-order valence-corrected chi connectivity index (χ3v) is 5.46. The molecule has 0 aliphatic carbocycles. The highest BCUT2D eigenvalue weighted by Crippen LogP contribution is 2.26. The minimum atomic E-state index is -0.881. The summed E-state index contributed by atoms with van der Waals surface area (Å²) in [6, 6.07) is 0. The third-order valence-electron chi connectivity index (χ3n) is 5.46. The molecule has 0 fully saturated rings. The Balaban J connectivity index is 3.96. The topological polar surface area (TPSA) is 117 Å². The average Bonchev–Trinajstić information content (AvgIpc) is 2.72. The number of hydrogen-bond acceptors (Lipinski definition) is 6. The van der Waals surface area contributed by atoms with Crippen LogP contribution in [-0.2, 0) is 19.3 Å². The molecule has 0 heterocycles. The van der Waals surface area contributed by atoms with Crippen molar-refractivity contribution >= 4 is 11.9 Å². The van der Waals surface area contributed by atoms with Crippen molar-refractivity contribution in [1.29, 1.82) is 0 Å². The Morgan fingerprint density at radius 2 is 1.30 bits per heavy atom. The van der Waals surface area contributed by atoms with E-state index in [1.165, 1.54) is 0 Å². The van der Waals surface area contributed by atoms with Crippen molar-refractivity contribution in [1.82, 2.24) is 11.0 Å². The first-order chi connectivity index (χ1) is 15.3. The van der Waals surface area contributed by atoms with Gasteiger partial charge >= 0.3 is 11.9 Å². The number of hydroxylamine groups is 2. The minimum absolute atomic E-state index is 0.0756. The Labute approximate surface area is 199 Å². The van der Waals surface area contributed by atoms with Gasteiger partial charge in [0.1, 0.15) is 0 Å². The van der Waals surface area contributed by atoms with Gasteiger partial charge in [-0.3, -0.25) is 0 Å². The van der Waals surface area contributed by atoms with Crippen molar-refractivity contribution < 1.29 is 29.5 Å². The molecule has 4 N–H and O–H groups in total. The van der Waals surface area contributed by atoms with E-state index in [0.717, 1.165) is 25.9 Å². The lowest BCUT2D eigenvalue weighted by Gasteiger charge is -2.28. The summed E-state index contributed by atoms with van der Waals surface area (Å²) in [6.07, 6.45) is 6.84. The second-order valence-electron chi connectivity index (χ2n) is 10.2. The van der Waals surface area contributed by atoms with Crippen LogP contribution in [0.4, 0.5) is 0 Å². The fraction of sp³-hybridized carbons (Fsp3) is 0.760. The Hall–Kier alpha value is -1.74. The molecule has 0 bridgehead atoms. The molecule has 0 aliphatic rings. The quantitative estimate of drug-likeness (QED) is 0.123. The van der Waals surface area contributed by atoms with Crippen LogP contribution in [0, 0.1) is 23.2 Å². The second-order valence-corrected chi connectivity index (χ2v) is 10.2. The van der Waals surface area contributed by atoms with E-state index in [9.17, 15) is 9.59 Å². The smallest absolute Gasteiger partial charge is 0.330 e. The Morgan fingerprint density at radius 1 is 0.848 bits per heavy atom. The average molecular weight is 471 g/mol. The highest BCUT2D eigenvalue weighted by molar-refractivity contribution is 5.86. The monoisotopic (exact) mass is 470 g/mol. The van der Waals surface area contributed by atoms with Crippen molar-refractivity contribution in [3.8, 4) is 0 Å². The first-order valence-corrected chi connectivity index (χ1v) is 11.8. The Bertz CT molecular complexity index is 645. The van der Waals surface area contributed by atoms with E-state index in [4.69, 9.17) is 19.9 Å². The van der Waals surface area contributed by atoms with E-state index < -0.39 is 11.9 Å². The van der Waals surface area contributed by atoms with Crippen LogP contribution >= 0.6 is 0 Å².